The average molecular weight is 274 g/mol. The van der Waals surface area contributed by atoms with E-state index in [1.54, 1.807) is 12.1 Å². The van der Waals surface area contributed by atoms with Crippen molar-refractivity contribution in [1.82, 2.24) is 0 Å². The number of halogens is 2. The molecule has 0 unspecified atom stereocenters. The number of ether oxygens (including phenoxy) is 1. The molecule has 3 nitrogen and oxygen atoms in total. The second-order valence-electron chi connectivity index (χ2n) is 4.09. The molecule has 2 rings (SSSR count). The van der Waals surface area contributed by atoms with Gasteiger partial charge in [0.15, 0.2) is 5.75 Å². The number of carbonyl (C=O) groups is 1. The van der Waals surface area contributed by atoms with E-state index < -0.39 is 0 Å². The van der Waals surface area contributed by atoms with Gasteiger partial charge < -0.3 is 10.1 Å². The van der Waals surface area contributed by atoms with Gasteiger partial charge in [0.25, 0.3) is 0 Å². The standard InChI is InChI=1S/C12H13Cl2NO2/c1-17-11-9(14)5-8(13)6-10(11)15-12(16)7-3-2-4-7/h5-7H,2-4H2,1H3,(H,15,16). The summed E-state index contributed by atoms with van der Waals surface area (Å²) in [6.07, 6.45) is 3.01. The molecule has 1 amide bonds. The van der Waals surface area contributed by atoms with E-state index in [0.717, 1.165) is 19.3 Å². The van der Waals surface area contributed by atoms with Gasteiger partial charge >= 0.3 is 0 Å². The van der Waals surface area contributed by atoms with Gasteiger partial charge in [-0.15, -0.1) is 0 Å². The molecule has 5 heteroatoms. The van der Waals surface area contributed by atoms with Crippen LogP contribution in [0.25, 0.3) is 0 Å². The first-order valence-electron chi connectivity index (χ1n) is 5.45. The lowest BCUT2D eigenvalue weighted by atomic mass is 9.85. The zero-order chi connectivity index (χ0) is 12.4. The van der Waals surface area contributed by atoms with Crippen molar-refractivity contribution >= 4 is 34.8 Å². The molecule has 0 saturated heterocycles. The number of amides is 1. The van der Waals surface area contributed by atoms with Gasteiger partial charge in [-0.25, -0.2) is 0 Å². The van der Waals surface area contributed by atoms with Crippen LogP contribution >= 0.6 is 23.2 Å². The minimum absolute atomic E-state index is 0.00730. The molecule has 1 saturated carbocycles. The molecule has 92 valence electrons. The molecular formula is C12H13Cl2NO2. The first kappa shape index (κ1) is 12.5. The van der Waals surface area contributed by atoms with Gasteiger partial charge in [-0.1, -0.05) is 29.6 Å². The monoisotopic (exact) mass is 273 g/mol. The highest BCUT2D eigenvalue weighted by molar-refractivity contribution is 6.36. The molecule has 0 atom stereocenters. The summed E-state index contributed by atoms with van der Waals surface area (Å²) < 4.78 is 5.16. The zero-order valence-electron chi connectivity index (χ0n) is 9.43. The first-order chi connectivity index (χ1) is 8.11. The van der Waals surface area contributed by atoms with Crippen LogP contribution in [0.2, 0.25) is 10.0 Å². The number of anilines is 1. The quantitative estimate of drug-likeness (QED) is 0.911. The minimum Gasteiger partial charge on any atom is -0.493 e. The van der Waals surface area contributed by atoms with Crippen molar-refractivity contribution in [2.45, 2.75) is 19.3 Å². The molecule has 0 aliphatic heterocycles. The van der Waals surface area contributed by atoms with Gasteiger partial charge in [0.1, 0.15) is 0 Å². The van der Waals surface area contributed by atoms with E-state index >= 15 is 0 Å². The van der Waals surface area contributed by atoms with Crippen molar-refractivity contribution in [3.63, 3.8) is 0 Å². The Morgan fingerprint density at radius 2 is 2.12 bits per heavy atom. The Balaban J connectivity index is 2.21. The Morgan fingerprint density at radius 1 is 1.41 bits per heavy atom. The van der Waals surface area contributed by atoms with Gasteiger partial charge in [0.05, 0.1) is 17.8 Å². The fraction of sp³-hybridized carbons (Fsp3) is 0.417. The molecule has 0 spiro atoms. The highest BCUT2D eigenvalue weighted by Gasteiger charge is 2.26. The smallest absolute Gasteiger partial charge is 0.227 e. The lowest BCUT2D eigenvalue weighted by Gasteiger charge is -2.24. The summed E-state index contributed by atoms with van der Waals surface area (Å²) in [6.45, 7) is 0. The third-order valence-corrected chi connectivity index (χ3v) is 3.45. The maximum absolute atomic E-state index is 11.8. The maximum atomic E-state index is 11.8. The Bertz CT molecular complexity index is 444. The third-order valence-electron chi connectivity index (χ3n) is 2.95. The first-order valence-corrected chi connectivity index (χ1v) is 6.21. The van der Waals surface area contributed by atoms with Crippen molar-refractivity contribution in [3.05, 3.63) is 22.2 Å². The number of hydrogen-bond donors (Lipinski definition) is 1. The minimum atomic E-state index is 0.00730. The third kappa shape index (κ3) is 2.67. The summed E-state index contributed by atoms with van der Waals surface area (Å²) in [5.74, 6) is 0.564. The summed E-state index contributed by atoms with van der Waals surface area (Å²) >= 11 is 11.9. The largest absolute Gasteiger partial charge is 0.493 e. The predicted octanol–water partition coefficient (Wildman–Crippen LogP) is 3.74. The molecule has 0 radical (unpaired) electrons. The maximum Gasteiger partial charge on any atom is 0.227 e. The van der Waals surface area contributed by atoms with Crippen LogP contribution in [0.1, 0.15) is 19.3 Å². The Labute approximate surface area is 110 Å². The van der Waals surface area contributed by atoms with E-state index in [1.807, 2.05) is 0 Å². The van der Waals surface area contributed by atoms with Gasteiger partial charge in [0.2, 0.25) is 5.91 Å². The van der Waals surface area contributed by atoms with E-state index in [9.17, 15) is 4.79 Å². The number of methoxy groups -OCH3 is 1. The molecule has 1 fully saturated rings. The molecule has 0 bridgehead atoms. The summed E-state index contributed by atoms with van der Waals surface area (Å²) in [4.78, 5) is 11.8. The normalized spacial score (nSPS) is 15.2. The molecule has 0 heterocycles. The van der Waals surface area contributed by atoms with E-state index in [4.69, 9.17) is 27.9 Å². The number of nitrogens with one attached hydrogen (secondary N) is 1. The second kappa shape index (κ2) is 5.15. The highest BCUT2D eigenvalue weighted by Crippen LogP contribution is 2.37. The van der Waals surface area contributed by atoms with E-state index in [0.29, 0.717) is 21.5 Å². The van der Waals surface area contributed by atoms with Crippen LogP contribution in [0.3, 0.4) is 0 Å². The van der Waals surface area contributed by atoms with Gasteiger partial charge in [-0.05, 0) is 25.0 Å². The van der Waals surface area contributed by atoms with Crippen LogP contribution in [0.4, 0.5) is 5.69 Å². The summed E-state index contributed by atoms with van der Waals surface area (Å²) in [7, 11) is 1.51. The van der Waals surface area contributed by atoms with E-state index in [2.05, 4.69) is 5.32 Å². The van der Waals surface area contributed by atoms with Crippen LogP contribution in [0.5, 0.6) is 5.75 Å². The zero-order valence-corrected chi connectivity index (χ0v) is 10.9. The van der Waals surface area contributed by atoms with E-state index in [1.165, 1.54) is 7.11 Å². The van der Waals surface area contributed by atoms with Gasteiger partial charge in [-0.3, -0.25) is 4.79 Å². The van der Waals surface area contributed by atoms with Crippen molar-refractivity contribution in [2.75, 3.05) is 12.4 Å². The molecule has 1 aromatic carbocycles. The summed E-state index contributed by atoms with van der Waals surface area (Å²) in [5.41, 5.74) is 0.530. The Morgan fingerprint density at radius 3 is 2.65 bits per heavy atom. The predicted molar refractivity (Wildman–Crippen MR) is 69.0 cm³/mol. The molecular weight excluding hydrogens is 261 g/mol. The summed E-state index contributed by atoms with van der Waals surface area (Å²) in [5, 5.41) is 3.68. The van der Waals surface area contributed by atoms with Crippen molar-refractivity contribution in [1.29, 1.82) is 0 Å². The number of hydrogen-bond acceptors (Lipinski definition) is 2. The van der Waals surface area contributed by atoms with Crippen LogP contribution < -0.4 is 10.1 Å². The van der Waals surface area contributed by atoms with Crippen LogP contribution in [0.15, 0.2) is 12.1 Å². The van der Waals surface area contributed by atoms with Crippen LogP contribution in [-0.4, -0.2) is 13.0 Å². The van der Waals surface area contributed by atoms with Crippen LogP contribution in [0, 0.1) is 5.92 Å². The summed E-state index contributed by atoms with van der Waals surface area (Å²) in [6, 6.07) is 3.23. The fourth-order valence-corrected chi connectivity index (χ4v) is 2.34. The lowest BCUT2D eigenvalue weighted by Crippen LogP contribution is -2.28. The molecule has 1 aliphatic carbocycles. The van der Waals surface area contributed by atoms with Crippen molar-refractivity contribution < 1.29 is 9.53 Å². The SMILES string of the molecule is COc1c(Cl)cc(Cl)cc1NC(=O)C1CCC1. The molecule has 0 aromatic heterocycles. The van der Waals surface area contributed by atoms with Gasteiger partial charge in [-0.2, -0.15) is 0 Å². The Kier molecular flexibility index (Phi) is 3.79. The van der Waals surface area contributed by atoms with Crippen LogP contribution in [-0.2, 0) is 4.79 Å². The molecule has 17 heavy (non-hydrogen) atoms. The molecule has 1 N–H and O–H groups in total. The Hall–Kier alpha value is -0.930. The lowest BCUT2D eigenvalue weighted by molar-refractivity contribution is -0.122. The highest BCUT2D eigenvalue weighted by atomic mass is 35.5. The molecule has 1 aliphatic rings. The second-order valence-corrected chi connectivity index (χ2v) is 4.93. The molecule has 1 aromatic rings. The number of carbonyl (C=O) groups excluding carboxylic acids is 1. The fourth-order valence-electron chi connectivity index (χ4n) is 1.77. The van der Waals surface area contributed by atoms with Crippen molar-refractivity contribution in [3.8, 4) is 5.75 Å². The van der Waals surface area contributed by atoms with Gasteiger partial charge in [0, 0.05) is 10.9 Å². The topological polar surface area (TPSA) is 38.3 Å². The number of rotatable bonds is 3. The number of benzene rings is 1. The average Bonchev–Trinajstić information content (AvgIpc) is 2.13. The van der Waals surface area contributed by atoms with Crippen molar-refractivity contribution in [2.24, 2.45) is 5.92 Å². The van der Waals surface area contributed by atoms with E-state index in [-0.39, 0.29) is 11.8 Å².